The molecule has 0 bridgehead atoms. The van der Waals surface area contributed by atoms with Crippen molar-refractivity contribution in [2.75, 3.05) is 0 Å². The topological polar surface area (TPSA) is 54.6 Å². The fraction of sp³-hybridized carbons (Fsp3) is 0.0667. The molecule has 19 heavy (non-hydrogen) atoms. The predicted molar refractivity (Wildman–Crippen MR) is 72.5 cm³/mol. The molecule has 1 aliphatic heterocycles. The zero-order chi connectivity index (χ0) is 13.2. The van der Waals surface area contributed by atoms with Gasteiger partial charge in [-0.15, -0.1) is 0 Å². The molecule has 1 N–H and O–H groups in total. The first kappa shape index (κ1) is 11.5. The Kier molecular flexibility index (Phi) is 2.76. The summed E-state index contributed by atoms with van der Waals surface area (Å²) in [6.07, 6.45) is 3.18. The molecule has 4 heteroatoms. The van der Waals surface area contributed by atoms with Gasteiger partial charge in [0.15, 0.2) is 0 Å². The van der Waals surface area contributed by atoms with Gasteiger partial charge in [0.2, 0.25) is 0 Å². The lowest BCUT2D eigenvalue weighted by Gasteiger charge is -2.00. The summed E-state index contributed by atoms with van der Waals surface area (Å²) in [6, 6.07) is 11.4. The lowest BCUT2D eigenvalue weighted by molar-refractivity contribution is -0.115. The van der Waals surface area contributed by atoms with Crippen LogP contribution >= 0.6 is 0 Å². The highest BCUT2D eigenvalue weighted by molar-refractivity contribution is 6.19. The molecular formula is C15H12N2O2. The Morgan fingerprint density at radius 1 is 1.21 bits per heavy atom. The lowest BCUT2D eigenvalue weighted by Crippen LogP contribution is -2.24. The van der Waals surface area contributed by atoms with E-state index in [0.29, 0.717) is 17.3 Å². The average molecular weight is 252 g/mol. The number of rotatable bonds is 2. The van der Waals surface area contributed by atoms with E-state index in [-0.39, 0.29) is 5.91 Å². The van der Waals surface area contributed by atoms with Gasteiger partial charge < -0.3 is 9.73 Å². The van der Waals surface area contributed by atoms with Gasteiger partial charge in [0, 0.05) is 11.6 Å². The zero-order valence-corrected chi connectivity index (χ0v) is 10.4. The molecule has 0 atom stereocenters. The smallest absolute Gasteiger partial charge is 0.275 e. The Labute approximate surface area is 110 Å². The SMILES string of the molecule is Cc1ccc(C2=N/C(=C/c3ccco3)C(=O)N2)cc1. The first-order valence-corrected chi connectivity index (χ1v) is 5.95. The first-order valence-electron chi connectivity index (χ1n) is 5.95. The second kappa shape index (κ2) is 4.57. The van der Waals surface area contributed by atoms with Crippen molar-refractivity contribution in [2.24, 2.45) is 4.99 Å². The summed E-state index contributed by atoms with van der Waals surface area (Å²) in [6.45, 7) is 2.01. The van der Waals surface area contributed by atoms with Crippen LogP contribution in [0.2, 0.25) is 0 Å². The minimum atomic E-state index is -0.216. The summed E-state index contributed by atoms with van der Waals surface area (Å²) in [5.74, 6) is 0.967. The van der Waals surface area contributed by atoms with Crippen molar-refractivity contribution in [1.82, 2.24) is 5.32 Å². The van der Waals surface area contributed by atoms with Crippen LogP contribution in [0, 0.1) is 6.92 Å². The molecule has 1 aromatic heterocycles. The summed E-state index contributed by atoms with van der Waals surface area (Å²) in [7, 11) is 0. The normalized spacial score (nSPS) is 16.6. The van der Waals surface area contributed by atoms with E-state index in [1.807, 2.05) is 31.2 Å². The van der Waals surface area contributed by atoms with Crippen molar-refractivity contribution >= 4 is 17.8 Å². The van der Waals surface area contributed by atoms with Crippen molar-refractivity contribution in [3.63, 3.8) is 0 Å². The quantitative estimate of drug-likeness (QED) is 0.835. The van der Waals surface area contributed by atoms with E-state index in [4.69, 9.17) is 4.42 Å². The Morgan fingerprint density at radius 3 is 2.68 bits per heavy atom. The van der Waals surface area contributed by atoms with E-state index < -0.39 is 0 Å². The van der Waals surface area contributed by atoms with E-state index in [9.17, 15) is 4.79 Å². The molecule has 0 radical (unpaired) electrons. The monoisotopic (exact) mass is 252 g/mol. The fourth-order valence-electron chi connectivity index (χ4n) is 1.82. The molecule has 2 heterocycles. The number of aliphatic imine (C=N–C) groups is 1. The minimum Gasteiger partial charge on any atom is -0.465 e. The van der Waals surface area contributed by atoms with Gasteiger partial charge in [-0.25, -0.2) is 4.99 Å². The van der Waals surface area contributed by atoms with Crippen molar-refractivity contribution in [3.8, 4) is 0 Å². The largest absolute Gasteiger partial charge is 0.465 e. The molecule has 4 nitrogen and oxygen atoms in total. The Morgan fingerprint density at radius 2 is 2.00 bits per heavy atom. The van der Waals surface area contributed by atoms with Crippen LogP contribution in [0.5, 0.6) is 0 Å². The summed E-state index contributed by atoms with van der Waals surface area (Å²) in [5, 5.41) is 2.75. The average Bonchev–Trinajstić information content (AvgIpc) is 3.02. The van der Waals surface area contributed by atoms with Gasteiger partial charge in [-0.1, -0.05) is 29.8 Å². The summed E-state index contributed by atoms with van der Waals surface area (Å²) in [5.41, 5.74) is 2.41. The Hall–Kier alpha value is -2.62. The lowest BCUT2D eigenvalue weighted by atomic mass is 10.1. The highest BCUT2D eigenvalue weighted by Crippen LogP contribution is 2.15. The number of hydrogen-bond acceptors (Lipinski definition) is 3. The fourth-order valence-corrected chi connectivity index (χ4v) is 1.82. The highest BCUT2D eigenvalue weighted by atomic mass is 16.3. The maximum absolute atomic E-state index is 11.8. The molecular weight excluding hydrogens is 240 g/mol. The van der Waals surface area contributed by atoms with E-state index in [1.165, 1.54) is 5.56 Å². The van der Waals surface area contributed by atoms with Gasteiger partial charge in [0.25, 0.3) is 5.91 Å². The van der Waals surface area contributed by atoms with Crippen molar-refractivity contribution in [2.45, 2.75) is 6.92 Å². The number of benzene rings is 1. The molecule has 0 saturated heterocycles. The first-order chi connectivity index (χ1) is 9.22. The van der Waals surface area contributed by atoms with Crippen LogP contribution in [0.1, 0.15) is 16.9 Å². The van der Waals surface area contributed by atoms with Crippen LogP contribution in [0.3, 0.4) is 0 Å². The van der Waals surface area contributed by atoms with Crippen LogP contribution in [-0.2, 0) is 4.79 Å². The molecule has 0 unspecified atom stereocenters. The standard InChI is InChI=1S/C15H12N2O2/c1-10-4-6-11(7-5-10)14-16-13(15(18)17-14)9-12-3-2-8-19-12/h2-9H,1H3,(H,16,17,18)/b13-9+. The van der Waals surface area contributed by atoms with E-state index in [1.54, 1.807) is 24.5 Å². The number of nitrogens with zero attached hydrogens (tertiary/aromatic N) is 1. The zero-order valence-electron chi connectivity index (χ0n) is 10.4. The molecule has 1 aliphatic rings. The maximum Gasteiger partial charge on any atom is 0.275 e. The second-order valence-corrected chi connectivity index (χ2v) is 4.33. The number of amidine groups is 1. The highest BCUT2D eigenvalue weighted by Gasteiger charge is 2.21. The number of furan rings is 1. The molecule has 94 valence electrons. The molecule has 0 aliphatic carbocycles. The van der Waals surface area contributed by atoms with Gasteiger partial charge in [-0.2, -0.15) is 0 Å². The number of aryl methyl sites for hydroxylation is 1. The molecule has 0 spiro atoms. The van der Waals surface area contributed by atoms with Gasteiger partial charge in [-0.3, -0.25) is 4.79 Å². The summed E-state index contributed by atoms with van der Waals surface area (Å²) >= 11 is 0. The van der Waals surface area contributed by atoms with Crippen LogP contribution < -0.4 is 5.32 Å². The molecule has 1 aromatic carbocycles. The maximum atomic E-state index is 11.8. The van der Waals surface area contributed by atoms with Crippen LogP contribution in [0.25, 0.3) is 6.08 Å². The second-order valence-electron chi connectivity index (χ2n) is 4.33. The van der Waals surface area contributed by atoms with Crippen LogP contribution in [0.15, 0.2) is 57.8 Å². The number of hydrogen-bond donors (Lipinski definition) is 1. The van der Waals surface area contributed by atoms with Gasteiger partial charge in [-0.05, 0) is 19.1 Å². The minimum absolute atomic E-state index is 0.216. The van der Waals surface area contributed by atoms with E-state index >= 15 is 0 Å². The van der Waals surface area contributed by atoms with Crippen molar-refractivity contribution < 1.29 is 9.21 Å². The van der Waals surface area contributed by atoms with Gasteiger partial charge in [0.05, 0.1) is 6.26 Å². The van der Waals surface area contributed by atoms with Crippen LogP contribution in [0.4, 0.5) is 0 Å². The van der Waals surface area contributed by atoms with Crippen molar-refractivity contribution in [1.29, 1.82) is 0 Å². The number of amides is 1. The molecule has 3 rings (SSSR count). The van der Waals surface area contributed by atoms with E-state index in [2.05, 4.69) is 10.3 Å². The van der Waals surface area contributed by atoms with Gasteiger partial charge >= 0.3 is 0 Å². The third-order valence-electron chi connectivity index (χ3n) is 2.84. The molecule has 0 fully saturated rings. The predicted octanol–water partition coefficient (Wildman–Crippen LogP) is 2.51. The third kappa shape index (κ3) is 2.33. The number of nitrogens with one attached hydrogen (secondary N) is 1. The van der Waals surface area contributed by atoms with E-state index in [0.717, 1.165) is 5.56 Å². The Bertz CT molecular complexity index is 665. The molecule has 1 amide bonds. The Balaban J connectivity index is 1.93. The number of carbonyl (C=O) groups is 1. The summed E-state index contributed by atoms with van der Waals surface area (Å²) in [4.78, 5) is 16.1. The van der Waals surface area contributed by atoms with Gasteiger partial charge in [0.1, 0.15) is 17.3 Å². The third-order valence-corrected chi connectivity index (χ3v) is 2.84. The molecule has 0 saturated carbocycles. The summed E-state index contributed by atoms with van der Waals surface area (Å²) < 4.78 is 5.17. The number of carbonyl (C=O) groups excluding carboxylic acids is 1. The van der Waals surface area contributed by atoms with Crippen LogP contribution in [-0.4, -0.2) is 11.7 Å². The van der Waals surface area contributed by atoms with Crippen molar-refractivity contribution in [3.05, 3.63) is 65.2 Å². The molecule has 2 aromatic rings.